The van der Waals surface area contributed by atoms with Crippen LogP contribution in [-0.4, -0.2) is 60.4 Å². The number of carbonyl (C=O) groups excluding carboxylic acids is 1. The summed E-state index contributed by atoms with van der Waals surface area (Å²) < 4.78 is 32.1. The van der Waals surface area contributed by atoms with E-state index in [2.05, 4.69) is 20.4 Å². The molecule has 6 heteroatoms. The predicted octanol–water partition coefficient (Wildman–Crippen LogP) is 5.66. The number of hydrogen-bond acceptors (Lipinski definition) is 6. The molecule has 0 spiro atoms. The van der Waals surface area contributed by atoms with Crippen molar-refractivity contribution in [3.05, 3.63) is 12.7 Å². The van der Waals surface area contributed by atoms with Crippen molar-refractivity contribution in [2.24, 2.45) is 5.92 Å². The van der Waals surface area contributed by atoms with Crippen molar-refractivity contribution in [3.8, 4) is 0 Å². The van der Waals surface area contributed by atoms with Crippen LogP contribution in [0.5, 0.6) is 0 Å². The van der Waals surface area contributed by atoms with Gasteiger partial charge < -0.3 is 23.7 Å². The van der Waals surface area contributed by atoms with Crippen LogP contribution in [0.4, 0.5) is 0 Å². The van der Waals surface area contributed by atoms with Crippen LogP contribution in [-0.2, 0) is 28.5 Å². The standard InChI is InChI=1S/C29H46O6/c1-4-7-9-25(11-13-31-25)21-33-27-15-23-16-28(18-27,20-29(17-23,19-27)35-24(30)6-3)34-22-26(10-8-5-2)12-14-32-26/h6,23H,3-5,7-22H2,1-2H3. The Morgan fingerprint density at radius 2 is 1.31 bits per heavy atom. The third-order valence-electron chi connectivity index (χ3n) is 9.59. The highest BCUT2D eigenvalue weighted by atomic mass is 16.6. The molecule has 6 rings (SSSR count). The van der Waals surface area contributed by atoms with E-state index in [0.29, 0.717) is 19.1 Å². The molecule has 2 saturated heterocycles. The van der Waals surface area contributed by atoms with Gasteiger partial charge in [0.2, 0.25) is 0 Å². The molecule has 6 aliphatic rings. The molecule has 4 saturated carbocycles. The van der Waals surface area contributed by atoms with Crippen molar-refractivity contribution in [2.75, 3.05) is 26.4 Å². The smallest absolute Gasteiger partial charge is 0.330 e. The minimum Gasteiger partial charge on any atom is -0.456 e. The van der Waals surface area contributed by atoms with E-state index in [9.17, 15) is 4.79 Å². The molecule has 0 aromatic heterocycles. The Kier molecular flexibility index (Phi) is 7.15. The molecule has 0 N–H and O–H groups in total. The molecule has 0 amide bonds. The van der Waals surface area contributed by atoms with E-state index in [4.69, 9.17) is 23.7 Å². The van der Waals surface area contributed by atoms with E-state index >= 15 is 0 Å². The lowest BCUT2D eigenvalue weighted by molar-refractivity contribution is -0.310. The van der Waals surface area contributed by atoms with E-state index in [1.807, 2.05) is 0 Å². The van der Waals surface area contributed by atoms with Crippen LogP contribution in [0.25, 0.3) is 0 Å². The molecule has 4 bridgehead atoms. The topological polar surface area (TPSA) is 63.2 Å². The van der Waals surface area contributed by atoms with Crippen LogP contribution >= 0.6 is 0 Å². The van der Waals surface area contributed by atoms with Gasteiger partial charge in [0.05, 0.1) is 48.8 Å². The molecule has 0 radical (unpaired) electrons. The summed E-state index contributed by atoms with van der Waals surface area (Å²) in [6.45, 7) is 11.0. The van der Waals surface area contributed by atoms with Gasteiger partial charge in [-0.25, -0.2) is 4.79 Å². The molecule has 6 nitrogen and oxygen atoms in total. The fraction of sp³-hybridized carbons (Fsp3) is 0.897. The Bertz CT molecular complexity index is 738. The van der Waals surface area contributed by atoms with E-state index in [-0.39, 0.29) is 28.4 Å². The first-order chi connectivity index (χ1) is 16.8. The highest BCUT2D eigenvalue weighted by Crippen LogP contribution is 2.63. The summed E-state index contributed by atoms with van der Waals surface area (Å²) in [5, 5.41) is 0. The number of rotatable bonds is 14. The van der Waals surface area contributed by atoms with Crippen molar-refractivity contribution in [1.29, 1.82) is 0 Å². The molecule has 4 unspecified atom stereocenters. The van der Waals surface area contributed by atoms with Crippen LogP contribution in [0.2, 0.25) is 0 Å². The molecular formula is C29H46O6. The first-order valence-corrected chi connectivity index (χ1v) is 14.2. The maximum atomic E-state index is 12.4. The highest BCUT2D eigenvalue weighted by Gasteiger charge is 2.67. The van der Waals surface area contributed by atoms with Crippen LogP contribution in [0, 0.1) is 5.92 Å². The van der Waals surface area contributed by atoms with Gasteiger partial charge in [0.1, 0.15) is 5.60 Å². The van der Waals surface area contributed by atoms with Gasteiger partial charge >= 0.3 is 5.97 Å². The summed E-state index contributed by atoms with van der Waals surface area (Å²) in [5.41, 5.74) is -1.45. The molecule has 198 valence electrons. The quantitative estimate of drug-likeness (QED) is 0.231. The normalized spacial score (nSPS) is 43.4. The Balaban J connectivity index is 1.34. The van der Waals surface area contributed by atoms with E-state index < -0.39 is 5.60 Å². The van der Waals surface area contributed by atoms with Crippen molar-refractivity contribution in [1.82, 2.24) is 0 Å². The molecule has 35 heavy (non-hydrogen) atoms. The van der Waals surface area contributed by atoms with Gasteiger partial charge in [-0.15, -0.1) is 0 Å². The Labute approximate surface area is 211 Å². The van der Waals surface area contributed by atoms with E-state index in [1.165, 1.54) is 6.08 Å². The Morgan fingerprint density at radius 1 is 0.857 bits per heavy atom. The summed E-state index contributed by atoms with van der Waals surface area (Å²) in [7, 11) is 0. The average Bonchev–Trinajstić information content (AvgIpc) is 2.76. The lowest BCUT2D eigenvalue weighted by Crippen LogP contribution is -2.69. The first-order valence-electron chi connectivity index (χ1n) is 14.2. The summed E-state index contributed by atoms with van der Waals surface area (Å²) in [5.74, 6) is 0.104. The largest absolute Gasteiger partial charge is 0.456 e. The van der Waals surface area contributed by atoms with E-state index in [0.717, 1.165) is 103 Å². The average molecular weight is 491 g/mol. The number of hydrogen-bond donors (Lipinski definition) is 0. The number of esters is 1. The lowest BCUT2D eigenvalue weighted by atomic mass is 9.50. The minimum atomic E-state index is -0.529. The zero-order valence-electron chi connectivity index (χ0n) is 22.0. The molecular weight excluding hydrogens is 444 g/mol. The summed E-state index contributed by atoms with van der Waals surface area (Å²) in [4.78, 5) is 12.4. The second-order valence-corrected chi connectivity index (χ2v) is 12.5. The second-order valence-electron chi connectivity index (χ2n) is 12.5. The van der Waals surface area contributed by atoms with Gasteiger partial charge in [-0.2, -0.15) is 0 Å². The van der Waals surface area contributed by atoms with Gasteiger partial charge in [-0.1, -0.05) is 46.1 Å². The molecule has 2 heterocycles. The molecule has 4 aliphatic carbocycles. The van der Waals surface area contributed by atoms with E-state index in [1.54, 1.807) is 0 Å². The number of carbonyl (C=O) groups is 1. The zero-order chi connectivity index (χ0) is 24.6. The summed E-state index contributed by atoms with van der Waals surface area (Å²) >= 11 is 0. The number of ether oxygens (including phenoxy) is 5. The van der Waals surface area contributed by atoms with Gasteiger partial charge in [0.15, 0.2) is 0 Å². The lowest BCUT2D eigenvalue weighted by Gasteiger charge is -2.65. The predicted molar refractivity (Wildman–Crippen MR) is 133 cm³/mol. The molecule has 0 aromatic rings. The third-order valence-corrected chi connectivity index (χ3v) is 9.59. The van der Waals surface area contributed by atoms with Crippen molar-refractivity contribution >= 4 is 5.97 Å². The van der Waals surface area contributed by atoms with Crippen molar-refractivity contribution in [2.45, 2.75) is 132 Å². The molecule has 2 aliphatic heterocycles. The van der Waals surface area contributed by atoms with Gasteiger partial charge in [-0.05, 0) is 38.0 Å². The highest BCUT2D eigenvalue weighted by molar-refractivity contribution is 5.81. The maximum Gasteiger partial charge on any atom is 0.330 e. The monoisotopic (exact) mass is 490 g/mol. The van der Waals surface area contributed by atoms with Crippen LogP contribution < -0.4 is 0 Å². The minimum absolute atomic E-state index is 0.137. The third kappa shape index (κ3) is 5.10. The first kappa shape index (κ1) is 25.7. The number of unbranched alkanes of at least 4 members (excludes halogenated alkanes) is 2. The van der Waals surface area contributed by atoms with Gasteiger partial charge in [-0.3, -0.25) is 0 Å². The SMILES string of the molecule is C=CC(=O)OC12CC3CC(OCC4(CCCC)CCO4)(CC(OCC4(CCCC)CCO4)(C3)C1)C2. The molecule has 0 aromatic carbocycles. The van der Waals surface area contributed by atoms with Gasteiger partial charge in [0.25, 0.3) is 0 Å². The van der Waals surface area contributed by atoms with Crippen molar-refractivity contribution < 1.29 is 28.5 Å². The Morgan fingerprint density at radius 3 is 1.71 bits per heavy atom. The zero-order valence-corrected chi connectivity index (χ0v) is 22.0. The summed E-state index contributed by atoms with van der Waals surface area (Å²) in [6, 6.07) is 0. The van der Waals surface area contributed by atoms with Crippen LogP contribution in [0.15, 0.2) is 12.7 Å². The summed E-state index contributed by atoms with van der Waals surface area (Å²) in [6.07, 6.45) is 15.5. The van der Waals surface area contributed by atoms with Gasteiger partial charge in [0, 0.05) is 38.2 Å². The Hall–Kier alpha value is -0.950. The van der Waals surface area contributed by atoms with Crippen molar-refractivity contribution in [3.63, 3.8) is 0 Å². The molecule has 6 fully saturated rings. The van der Waals surface area contributed by atoms with Crippen LogP contribution in [0.3, 0.4) is 0 Å². The fourth-order valence-corrected chi connectivity index (χ4v) is 7.98. The molecule has 4 atom stereocenters. The fourth-order valence-electron chi connectivity index (χ4n) is 7.98. The second kappa shape index (κ2) is 9.74. The maximum absolute atomic E-state index is 12.4. The van der Waals surface area contributed by atoms with Crippen LogP contribution in [0.1, 0.15) is 104 Å².